The fourth-order valence-corrected chi connectivity index (χ4v) is 1.81. The molecule has 2 heterocycles. The van der Waals surface area contributed by atoms with Crippen LogP contribution in [0.1, 0.15) is 12.8 Å². The van der Waals surface area contributed by atoms with Gasteiger partial charge in [-0.2, -0.15) is 0 Å². The van der Waals surface area contributed by atoms with E-state index in [1.165, 1.54) is 78.3 Å². The maximum absolute atomic E-state index is 3.50. The molecule has 0 saturated carbocycles. The lowest BCUT2D eigenvalue weighted by molar-refractivity contribution is 0.497. The van der Waals surface area contributed by atoms with Gasteiger partial charge in [-0.25, -0.2) is 0 Å². The van der Waals surface area contributed by atoms with Crippen LogP contribution < -0.4 is 10.6 Å². The van der Waals surface area contributed by atoms with Crippen LogP contribution >= 0.6 is 0 Å². The maximum Gasteiger partial charge on any atom is 0.0110 e. The van der Waals surface area contributed by atoms with Gasteiger partial charge in [0.25, 0.3) is 0 Å². The van der Waals surface area contributed by atoms with Gasteiger partial charge in [-0.3, -0.25) is 9.80 Å². The van der Waals surface area contributed by atoms with Crippen molar-refractivity contribution in [3.8, 4) is 0 Å². The molecule has 4 nitrogen and oxygen atoms in total. The molecule has 0 aromatic carbocycles. The molecule has 2 aliphatic heterocycles. The first kappa shape index (κ1) is 12.3. The van der Waals surface area contributed by atoms with E-state index < -0.39 is 0 Å². The first-order valence-corrected chi connectivity index (χ1v) is 6.81. The molecule has 4 heteroatoms. The smallest absolute Gasteiger partial charge is 0.0110 e. The van der Waals surface area contributed by atoms with Crippen LogP contribution in [0.25, 0.3) is 0 Å². The third kappa shape index (κ3) is 6.43. The van der Waals surface area contributed by atoms with E-state index in [2.05, 4.69) is 20.4 Å². The Morgan fingerprint density at radius 1 is 0.625 bits per heavy atom. The van der Waals surface area contributed by atoms with Crippen molar-refractivity contribution < 1.29 is 0 Å². The zero-order valence-electron chi connectivity index (χ0n) is 10.4. The van der Waals surface area contributed by atoms with Gasteiger partial charge in [-0.1, -0.05) is 0 Å². The highest BCUT2D eigenvalue weighted by Crippen LogP contribution is 2.00. The third-order valence-corrected chi connectivity index (χ3v) is 3.25. The minimum absolute atomic E-state index is 1.17. The van der Waals surface area contributed by atoms with E-state index in [4.69, 9.17) is 0 Å². The zero-order valence-corrected chi connectivity index (χ0v) is 10.4. The molecule has 0 unspecified atom stereocenters. The summed E-state index contributed by atoms with van der Waals surface area (Å²) in [5.74, 6) is 0. The van der Waals surface area contributed by atoms with Crippen molar-refractivity contribution in [1.29, 1.82) is 0 Å². The molecule has 2 fully saturated rings. The highest BCUT2D eigenvalue weighted by molar-refractivity contribution is 4.73. The fourth-order valence-electron chi connectivity index (χ4n) is 1.81. The lowest BCUT2D eigenvalue weighted by atomic mass is 10.3. The Morgan fingerprint density at radius 2 is 1.06 bits per heavy atom. The van der Waals surface area contributed by atoms with Gasteiger partial charge >= 0.3 is 0 Å². The molecule has 0 aromatic heterocycles. The predicted octanol–water partition coefficient (Wildman–Crippen LogP) is -0.423. The molecule has 94 valence electrons. The molecule has 0 spiro atoms. The summed E-state index contributed by atoms with van der Waals surface area (Å²) in [4.78, 5) is 4.92. The van der Waals surface area contributed by atoms with Crippen molar-refractivity contribution in [2.75, 3.05) is 65.4 Å². The Labute approximate surface area is 99.4 Å². The Morgan fingerprint density at radius 3 is 1.44 bits per heavy atom. The molecule has 0 aliphatic carbocycles. The molecular weight excluding hydrogens is 200 g/mol. The zero-order chi connectivity index (χ0) is 11.1. The Balaban J connectivity index is 1.22. The number of unbranched alkanes of at least 4 members (excludes halogenated alkanes) is 1. The van der Waals surface area contributed by atoms with Gasteiger partial charge in [0.1, 0.15) is 0 Å². The van der Waals surface area contributed by atoms with Gasteiger partial charge in [0, 0.05) is 52.4 Å². The van der Waals surface area contributed by atoms with Crippen LogP contribution in [0.3, 0.4) is 0 Å². The fraction of sp³-hybridized carbons (Fsp3) is 1.00. The van der Waals surface area contributed by atoms with E-state index in [-0.39, 0.29) is 0 Å². The van der Waals surface area contributed by atoms with E-state index in [1.54, 1.807) is 0 Å². The van der Waals surface area contributed by atoms with Crippen LogP contribution in [0.2, 0.25) is 0 Å². The highest BCUT2D eigenvalue weighted by atomic mass is 15.3. The van der Waals surface area contributed by atoms with Gasteiger partial charge in [0.05, 0.1) is 0 Å². The van der Waals surface area contributed by atoms with Gasteiger partial charge < -0.3 is 10.6 Å². The Kier molecular flexibility index (Phi) is 5.55. The van der Waals surface area contributed by atoms with E-state index in [1.807, 2.05) is 0 Å². The van der Waals surface area contributed by atoms with Gasteiger partial charge in [-0.05, 0) is 25.9 Å². The molecule has 0 amide bonds. The SMILES string of the molecule is C(CCNCCN1CC1)CNCCN1CC1. The molecule has 2 saturated heterocycles. The summed E-state index contributed by atoms with van der Waals surface area (Å²) >= 11 is 0. The summed E-state index contributed by atoms with van der Waals surface area (Å²) in [7, 11) is 0. The monoisotopic (exact) mass is 226 g/mol. The van der Waals surface area contributed by atoms with Gasteiger partial charge in [-0.15, -0.1) is 0 Å². The topological polar surface area (TPSA) is 30.1 Å². The van der Waals surface area contributed by atoms with Crippen LogP contribution in [0.15, 0.2) is 0 Å². The van der Waals surface area contributed by atoms with Gasteiger partial charge in [0.2, 0.25) is 0 Å². The minimum Gasteiger partial charge on any atom is -0.315 e. The summed E-state index contributed by atoms with van der Waals surface area (Å²) < 4.78 is 0. The van der Waals surface area contributed by atoms with Gasteiger partial charge in [0.15, 0.2) is 0 Å². The number of rotatable bonds is 11. The van der Waals surface area contributed by atoms with Crippen molar-refractivity contribution >= 4 is 0 Å². The van der Waals surface area contributed by atoms with E-state index in [0.717, 1.165) is 0 Å². The largest absolute Gasteiger partial charge is 0.315 e. The number of hydrogen-bond donors (Lipinski definition) is 2. The minimum atomic E-state index is 1.17. The van der Waals surface area contributed by atoms with Crippen LogP contribution in [0.4, 0.5) is 0 Å². The molecule has 0 radical (unpaired) electrons. The summed E-state index contributed by atoms with van der Waals surface area (Å²) in [5, 5.41) is 7.00. The quantitative estimate of drug-likeness (QED) is 0.370. The number of nitrogens with zero attached hydrogens (tertiary/aromatic N) is 2. The van der Waals surface area contributed by atoms with E-state index in [9.17, 15) is 0 Å². The molecule has 2 aliphatic rings. The molecule has 0 bridgehead atoms. The van der Waals surface area contributed by atoms with Crippen LogP contribution in [0, 0.1) is 0 Å². The second-order valence-corrected chi connectivity index (χ2v) is 4.89. The first-order valence-electron chi connectivity index (χ1n) is 6.81. The van der Waals surface area contributed by atoms with Crippen molar-refractivity contribution in [2.45, 2.75) is 12.8 Å². The van der Waals surface area contributed by atoms with E-state index >= 15 is 0 Å². The van der Waals surface area contributed by atoms with Crippen molar-refractivity contribution in [3.05, 3.63) is 0 Å². The highest BCUT2D eigenvalue weighted by Gasteiger charge is 2.15. The molecule has 16 heavy (non-hydrogen) atoms. The molecule has 2 rings (SSSR count). The lowest BCUT2D eigenvalue weighted by Gasteiger charge is -2.06. The predicted molar refractivity (Wildman–Crippen MR) is 67.9 cm³/mol. The Hall–Kier alpha value is -0.160. The molecule has 0 atom stereocenters. The van der Waals surface area contributed by atoms with Crippen LogP contribution in [-0.4, -0.2) is 75.2 Å². The normalized spacial score (nSPS) is 20.2. The van der Waals surface area contributed by atoms with Crippen molar-refractivity contribution in [2.24, 2.45) is 0 Å². The second-order valence-electron chi connectivity index (χ2n) is 4.89. The molecular formula is C12H26N4. The third-order valence-electron chi connectivity index (χ3n) is 3.25. The average molecular weight is 226 g/mol. The van der Waals surface area contributed by atoms with Crippen molar-refractivity contribution in [1.82, 2.24) is 20.4 Å². The summed E-state index contributed by atoms with van der Waals surface area (Å²) in [5.41, 5.74) is 0. The molecule has 2 N–H and O–H groups in total. The Bertz CT molecular complexity index is 158. The summed E-state index contributed by atoms with van der Waals surface area (Å²) in [6.07, 6.45) is 2.60. The van der Waals surface area contributed by atoms with Crippen molar-refractivity contribution in [3.63, 3.8) is 0 Å². The van der Waals surface area contributed by atoms with Crippen LogP contribution in [0.5, 0.6) is 0 Å². The number of hydrogen-bond acceptors (Lipinski definition) is 4. The second kappa shape index (κ2) is 7.22. The van der Waals surface area contributed by atoms with E-state index in [0.29, 0.717) is 0 Å². The van der Waals surface area contributed by atoms with Crippen LogP contribution in [-0.2, 0) is 0 Å². The standard InChI is InChI=1S/C12H26N4/c1(3-13-5-7-15-9-10-15)2-4-14-6-8-16-11-12-16/h13-14H,1-12H2. The maximum atomic E-state index is 3.50. The lowest BCUT2D eigenvalue weighted by Crippen LogP contribution is -2.25. The molecule has 0 aromatic rings. The average Bonchev–Trinajstić information content (AvgIpc) is 3.14. The number of nitrogens with one attached hydrogen (secondary N) is 2. The first-order chi connectivity index (χ1) is 7.95. The summed E-state index contributed by atoms with van der Waals surface area (Å²) in [6.45, 7) is 12.5. The summed E-state index contributed by atoms with van der Waals surface area (Å²) in [6, 6.07) is 0.